The lowest BCUT2D eigenvalue weighted by atomic mass is 10.2. The Morgan fingerprint density at radius 1 is 1.23 bits per heavy atom. The first-order valence-corrected chi connectivity index (χ1v) is 7.14. The van der Waals surface area contributed by atoms with E-state index in [0.29, 0.717) is 5.69 Å². The fourth-order valence-corrected chi connectivity index (χ4v) is 1.96. The van der Waals surface area contributed by atoms with E-state index in [1.165, 1.54) is 6.08 Å². The molecule has 22 heavy (non-hydrogen) atoms. The number of H-pyrrole nitrogens is 1. The maximum absolute atomic E-state index is 11.7. The van der Waals surface area contributed by atoms with Crippen molar-refractivity contribution in [1.29, 1.82) is 0 Å². The Labute approximate surface area is 135 Å². The number of nitrogens with one attached hydrogen (secondary N) is 3. The molecule has 6 nitrogen and oxygen atoms in total. The molecule has 2 amide bonds. The van der Waals surface area contributed by atoms with Crippen molar-refractivity contribution in [3.63, 3.8) is 0 Å². The minimum atomic E-state index is -0.435. The van der Waals surface area contributed by atoms with Gasteiger partial charge in [-0.15, -0.1) is 0 Å². The van der Waals surface area contributed by atoms with Gasteiger partial charge >= 0.3 is 0 Å². The number of rotatable bonds is 4. The van der Waals surface area contributed by atoms with Crippen molar-refractivity contribution in [3.05, 3.63) is 58.3 Å². The molecule has 7 heteroatoms. The van der Waals surface area contributed by atoms with Gasteiger partial charge in [0, 0.05) is 16.7 Å². The summed E-state index contributed by atoms with van der Waals surface area (Å²) in [6.45, 7) is 0. The highest BCUT2D eigenvalue weighted by atomic mass is 79.9. The van der Waals surface area contributed by atoms with E-state index in [2.05, 4.69) is 31.8 Å². The van der Waals surface area contributed by atoms with Crippen LogP contribution in [0.4, 0.5) is 0 Å². The topological polar surface area (TPSA) is 83.2 Å². The molecule has 0 saturated heterocycles. The first kappa shape index (κ1) is 15.8. The van der Waals surface area contributed by atoms with Crippen molar-refractivity contribution in [2.45, 2.75) is 0 Å². The van der Waals surface area contributed by atoms with Gasteiger partial charge in [0.2, 0.25) is 0 Å². The van der Waals surface area contributed by atoms with Gasteiger partial charge in [0.15, 0.2) is 0 Å². The van der Waals surface area contributed by atoms with Crippen LogP contribution >= 0.6 is 15.9 Å². The number of carbonyl (C=O) groups excluding carboxylic acids is 2. The monoisotopic (exact) mass is 363 g/mol. The van der Waals surface area contributed by atoms with Gasteiger partial charge in [0.1, 0.15) is 11.4 Å². The number of halogens is 1. The molecule has 2 rings (SSSR count). The molecular formula is C15H14BrN3O3. The van der Waals surface area contributed by atoms with Crippen molar-refractivity contribution in [3.8, 4) is 5.75 Å². The van der Waals surface area contributed by atoms with Crippen LogP contribution in [0.3, 0.4) is 0 Å². The van der Waals surface area contributed by atoms with E-state index in [1.54, 1.807) is 37.6 Å². The van der Waals surface area contributed by atoms with E-state index in [1.807, 2.05) is 12.1 Å². The largest absolute Gasteiger partial charge is 0.497 e. The predicted molar refractivity (Wildman–Crippen MR) is 86.1 cm³/mol. The molecule has 114 valence electrons. The Morgan fingerprint density at radius 2 is 1.95 bits per heavy atom. The zero-order chi connectivity index (χ0) is 15.9. The molecule has 1 aromatic heterocycles. The maximum Gasteiger partial charge on any atom is 0.286 e. The summed E-state index contributed by atoms with van der Waals surface area (Å²) in [5, 5.41) is 0. The molecule has 0 atom stereocenters. The molecule has 0 unspecified atom stereocenters. The van der Waals surface area contributed by atoms with Crippen LogP contribution in [0, 0.1) is 0 Å². The van der Waals surface area contributed by atoms with Gasteiger partial charge in [-0.3, -0.25) is 20.4 Å². The van der Waals surface area contributed by atoms with E-state index in [0.717, 1.165) is 15.8 Å². The van der Waals surface area contributed by atoms with Crippen LogP contribution in [-0.2, 0) is 4.79 Å². The Balaban J connectivity index is 1.84. The second-order valence-corrected chi connectivity index (χ2v) is 5.20. The summed E-state index contributed by atoms with van der Waals surface area (Å²) in [5.74, 6) is -0.127. The zero-order valence-corrected chi connectivity index (χ0v) is 13.3. The average molecular weight is 364 g/mol. The van der Waals surface area contributed by atoms with Crippen LogP contribution in [0.25, 0.3) is 6.08 Å². The summed E-state index contributed by atoms with van der Waals surface area (Å²) in [7, 11) is 1.59. The fraction of sp³-hybridized carbons (Fsp3) is 0.0667. The van der Waals surface area contributed by atoms with E-state index in [4.69, 9.17) is 4.74 Å². The summed E-state index contributed by atoms with van der Waals surface area (Å²) in [6, 6.07) is 8.83. The number of methoxy groups -OCH3 is 1. The number of hydrogen-bond donors (Lipinski definition) is 3. The first-order chi connectivity index (χ1) is 10.6. The third kappa shape index (κ3) is 4.49. The van der Waals surface area contributed by atoms with Gasteiger partial charge in [0.25, 0.3) is 11.8 Å². The number of carbonyl (C=O) groups is 2. The molecule has 0 saturated carbocycles. The lowest BCUT2D eigenvalue weighted by Gasteiger charge is -2.03. The molecule has 1 heterocycles. The summed E-state index contributed by atoms with van der Waals surface area (Å²) >= 11 is 3.22. The van der Waals surface area contributed by atoms with Crippen molar-refractivity contribution >= 4 is 33.8 Å². The number of aromatic amines is 1. The van der Waals surface area contributed by atoms with Crippen LogP contribution in [0.2, 0.25) is 0 Å². The average Bonchev–Trinajstić information content (AvgIpc) is 2.97. The van der Waals surface area contributed by atoms with Crippen LogP contribution in [0.15, 0.2) is 47.1 Å². The SMILES string of the molecule is COc1ccc(/C=C/C(=O)NNC(=O)c2cc(Br)c[nH]2)cc1. The highest BCUT2D eigenvalue weighted by Crippen LogP contribution is 2.12. The number of aromatic nitrogens is 1. The Morgan fingerprint density at radius 3 is 2.55 bits per heavy atom. The summed E-state index contributed by atoms with van der Waals surface area (Å²) < 4.78 is 5.80. The smallest absolute Gasteiger partial charge is 0.286 e. The third-order valence-electron chi connectivity index (χ3n) is 2.73. The minimum absolute atomic E-state index is 0.339. The molecule has 0 radical (unpaired) electrons. The Bertz CT molecular complexity index is 692. The number of ether oxygens (including phenoxy) is 1. The highest BCUT2D eigenvalue weighted by molar-refractivity contribution is 9.10. The molecule has 0 fully saturated rings. The van der Waals surface area contributed by atoms with E-state index >= 15 is 0 Å². The van der Waals surface area contributed by atoms with Crippen molar-refractivity contribution in [2.75, 3.05) is 7.11 Å². The molecule has 0 aliphatic carbocycles. The number of benzene rings is 1. The van der Waals surface area contributed by atoms with E-state index in [-0.39, 0.29) is 0 Å². The second kappa shape index (κ2) is 7.46. The number of hydrogen-bond acceptors (Lipinski definition) is 3. The van der Waals surface area contributed by atoms with Gasteiger partial charge in [-0.1, -0.05) is 12.1 Å². The maximum atomic E-state index is 11.7. The normalized spacial score (nSPS) is 10.5. The van der Waals surface area contributed by atoms with Crippen molar-refractivity contribution in [2.24, 2.45) is 0 Å². The Kier molecular flexibility index (Phi) is 5.37. The van der Waals surface area contributed by atoms with E-state index in [9.17, 15) is 9.59 Å². The second-order valence-electron chi connectivity index (χ2n) is 4.28. The summed E-state index contributed by atoms with van der Waals surface area (Å²) in [5.41, 5.74) is 5.78. The molecule has 0 spiro atoms. The fourth-order valence-electron chi connectivity index (χ4n) is 1.61. The number of amides is 2. The molecule has 0 bridgehead atoms. The molecule has 3 N–H and O–H groups in total. The zero-order valence-electron chi connectivity index (χ0n) is 11.7. The highest BCUT2D eigenvalue weighted by Gasteiger charge is 2.07. The molecular weight excluding hydrogens is 350 g/mol. The lowest BCUT2D eigenvalue weighted by Crippen LogP contribution is -2.40. The van der Waals surface area contributed by atoms with Gasteiger partial charge in [-0.25, -0.2) is 0 Å². The van der Waals surface area contributed by atoms with Crippen LogP contribution in [-0.4, -0.2) is 23.9 Å². The van der Waals surface area contributed by atoms with Crippen LogP contribution in [0.1, 0.15) is 16.1 Å². The molecule has 0 aliphatic rings. The lowest BCUT2D eigenvalue weighted by molar-refractivity contribution is -0.117. The van der Waals surface area contributed by atoms with Gasteiger partial charge in [-0.2, -0.15) is 0 Å². The standard InChI is InChI=1S/C15H14BrN3O3/c1-22-12-5-2-10(3-6-12)4-7-14(20)18-19-15(21)13-8-11(16)9-17-13/h2-9,17H,1H3,(H,18,20)(H,19,21)/b7-4+. The van der Waals surface area contributed by atoms with Gasteiger partial charge in [-0.05, 0) is 45.8 Å². The number of hydrazine groups is 1. The summed E-state index contributed by atoms with van der Waals surface area (Å²) in [6.07, 6.45) is 4.58. The van der Waals surface area contributed by atoms with Crippen molar-refractivity contribution < 1.29 is 14.3 Å². The predicted octanol–water partition coefficient (Wildman–Crippen LogP) is 2.26. The third-order valence-corrected chi connectivity index (χ3v) is 3.19. The molecule has 1 aromatic carbocycles. The molecule has 0 aliphatic heterocycles. The first-order valence-electron chi connectivity index (χ1n) is 6.35. The molecule has 2 aromatic rings. The van der Waals surface area contributed by atoms with E-state index < -0.39 is 11.8 Å². The quantitative estimate of drug-likeness (QED) is 0.575. The van der Waals surface area contributed by atoms with Gasteiger partial charge in [0.05, 0.1) is 7.11 Å². The summed E-state index contributed by atoms with van der Waals surface area (Å²) in [4.78, 5) is 26.1. The van der Waals surface area contributed by atoms with Crippen LogP contribution in [0.5, 0.6) is 5.75 Å². The minimum Gasteiger partial charge on any atom is -0.497 e. The van der Waals surface area contributed by atoms with Crippen LogP contribution < -0.4 is 15.6 Å². The van der Waals surface area contributed by atoms with Gasteiger partial charge < -0.3 is 9.72 Å². The Hall–Kier alpha value is -2.54. The van der Waals surface area contributed by atoms with Crippen molar-refractivity contribution in [1.82, 2.24) is 15.8 Å².